The molecule has 20 heavy (non-hydrogen) atoms. The highest BCUT2D eigenvalue weighted by Gasteiger charge is 2.17. The van der Waals surface area contributed by atoms with Crippen LogP contribution in [0.25, 0.3) is 11.5 Å². The Morgan fingerprint density at radius 3 is 2.95 bits per heavy atom. The van der Waals surface area contributed by atoms with Crippen molar-refractivity contribution < 1.29 is 9.45 Å². The summed E-state index contributed by atoms with van der Waals surface area (Å²) < 4.78 is 5.08. The maximum atomic E-state index is 11.1. The maximum absolute atomic E-state index is 11.1. The molecule has 0 spiro atoms. The van der Waals surface area contributed by atoms with Crippen LogP contribution in [0.4, 0.5) is 11.4 Å². The summed E-state index contributed by atoms with van der Waals surface area (Å²) in [5.41, 5.74) is 0.905. The fourth-order valence-corrected chi connectivity index (χ4v) is 1.66. The molecule has 0 amide bonds. The van der Waals surface area contributed by atoms with Crippen LogP contribution in [0.15, 0.2) is 35.4 Å². The third-order valence-corrected chi connectivity index (χ3v) is 2.66. The molecule has 0 atom stereocenters. The Labute approximate surface area is 115 Å². The molecule has 0 saturated heterocycles. The molecule has 7 heteroatoms. The second-order valence-electron chi connectivity index (χ2n) is 4.03. The van der Waals surface area contributed by atoms with Crippen molar-refractivity contribution in [1.82, 2.24) is 10.1 Å². The van der Waals surface area contributed by atoms with Crippen LogP contribution in [0.5, 0.6) is 0 Å². The molecule has 0 aliphatic rings. The molecule has 1 N–H and O–H groups in total. The Morgan fingerprint density at radius 1 is 1.55 bits per heavy atom. The number of rotatable bonds is 6. The Balaban J connectivity index is 2.38. The molecule has 2 aromatic rings. The fraction of sp³-hybridized carbons (Fsp3) is 0.231. The molecule has 7 nitrogen and oxygen atoms in total. The lowest BCUT2D eigenvalue weighted by Gasteiger charge is -2.05. The van der Waals surface area contributed by atoms with Crippen LogP contribution in [0.2, 0.25) is 0 Å². The van der Waals surface area contributed by atoms with Crippen LogP contribution >= 0.6 is 0 Å². The first-order valence-corrected chi connectivity index (χ1v) is 6.12. The molecule has 0 unspecified atom stereocenters. The topological polar surface area (TPSA) is 94.1 Å². The molecule has 1 aromatic carbocycles. The average Bonchev–Trinajstić information content (AvgIpc) is 2.93. The summed E-state index contributed by atoms with van der Waals surface area (Å²) in [5.74, 6) is 0.844. The number of nitrogens with zero attached hydrogens (tertiary/aromatic N) is 3. The second kappa shape index (κ2) is 5.96. The number of hydrogen-bond donors (Lipinski definition) is 1. The second-order valence-corrected chi connectivity index (χ2v) is 4.03. The van der Waals surface area contributed by atoms with Gasteiger partial charge in [-0.2, -0.15) is 4.98 Å². The van der Waals surface area contributed by atoms with E-state index in [1.165, 1.54) is 6.07 Å². The van der Waals surface area contributed by atoms with Gasteiger partial charge in [0.25, 0.3) is 11.6 Å². The smallest absolute Gasteiger partial charge is 0.293 e. The van der Waals surface area contributed by atoms with E-state index in [0.717, 1.165) is 0 Å². The minimum atomic E-state index is -0.452. The van der Waals surface area contributed by atoms with Gasteiger partial charge >= 0.3 is 0 Å². The van der Waals surface area contributed by atoms with Crippen molar-refractivity contribution >= 4 is 11.4 Å². The van der Waals surface area contributed by atoms with Gasteiger partial charge in [0.05, 0.1) is 4.92 Å². The van der Waals surface area contributed by atoms with Crippen molar-refractivity contribution in [2.75, 3.05) is 11.9 Å². The molecule has 0 aliphatic heterocycles. The van der Waals surface area contributed by atoms with Gasteiger partial charge in [-0.3, -0.25) is 10.1 Å². The summed E-state index contributed by atoms with van der Waals surface area (Å²) in [7, 11) is 0. The zero-order valence-electron chi connectivity index (χ0n) is 11.0. The number of aromatic nitrogens is 2. The van der Waals surface area contributed by atoms with Crippen LogP contribution in [0.1, 0.15) is 12.7 Å². The van der Waals surface area contributed by atoms with Crippen molar-refractivity contribution in [2.24, 2.45) is 0 Å². The predicted molar refractivity (Wildman–Crippen MR) is 74.5 cm³/mol. The molecule has 0 bridgehead atoms. The Hall–Kier alpha value is -2.70. The lowest BCUT2D eigenvalue weighted by Crippen LogP contribution is -2.02. The minimum absolute atomic E-state index is 0.0411. The first kappa shape index (κ1) is 13.7. The maximum Gasteiger partial charge on any atom is 0.293 e. The summed E-state index contributed by atoms with van der Waals surface area (Å²) in [6.07, 6.45) is 2.27. The molecule has 104 valence electrons. The van der Waals surface area contributed by atoms with Gasteiger partial charge in [-0.1, -0.05) is 18.2 Å². The van der Waals surface area contributed by atoms with Crippen LogP contribution in [0.3, 0.4) is 0 Å². The van der Waals surface area contributed by atoms with E-state index in [4.69, 9.17) is 4.52 Å². The molecule has 0 fully saturated rings. The van der Waals surface area contributed by atoms with Gasteiger partial charge in [0.2, 0.25) is 0 Å². The molecular weight excluding hydrogens is 260 g/mol. The van der Waals surface area contributed by atoms with Crippen molar-refractivity contribution in [3.63, 3.8) is 0 Å². The van der Waals surface area contributed by atoms with Crippen molar-refractivity contribution in [2.45, 2.75) is 13.3 Å². The minimum Gasteiger partial charge on any atom is -0.376 e. The monoisotopic (exact) mass is 274 g/mol. The van der Waals surface area contributed by atoms with Crippen molar-refractivity contribution in [3.05, 3.63) is 46.8 Å². The highest BCUT2D eigenvalue weighted by atomic mass is 16.6. The summed E-state index contributed by atoms with van der Waals surface area (Å²) >= 11 is 0. The van der Waals surface area contributed by atoms with E-state index in [2.05, 4.69) is 22.0 Å². The Morgan fingerprint density at radius 2 is 2.35 bits per heavy atom. The third kappa shape index (κ3) is 2.82. The lowest BCUT2D eigenvalue weighted by molar-refractivity contribution is -0.383. The average molecular weight is 274 g/mol. The first-order chi connectivity index (χ1) is 9.65. The normalized spacial score (nSPS) is 10.2. The largest absolute Gasteiger partial charge is 0.376 e. The summed E-state index contributed by atoms with van der Waals surface area (Å²) in [5, 5.41) is 17.8. The molecule has 0 aliphatic carbocycles. The van der Waals surface area contributed by atoms with Gasteiger partial charge in [-0.05, 0) is 12.1 Å². The zero-order chi connectivity index (χ0) is 14.5. The van der Waals surface area contributed by atoms with Gasteiger partial charge in [-0.25, -0.2) is 0 Å². The summed E-state index contributed by atoms with van der Waals surface area (Å²) in [4.78, 5) is 14.8. The highest BCUT2D eigenvalue weighted by Crippen LogP contribution is 2.29. The quantitative estimate of drug-likeness (QED) is 0.494. The molecule has 1 aromatic heterocycles. The van der Waals surface area contributed by atoms with Gasteiger partial charge in [0, 0.05) is 24.6 Å². The Kier molecular flexibility index (Phi) is 4.09. The number of benzene rings is 1. The number of aryl methyl sites for hydroxylation is 1. The van der Waals surface area contributed by atoms with Crippen LogP contribution in [-0.4, -0.2) is 21.6 Å². The van der Waals surface area contributed by atoms with E-state index < -0.39 is 4.92 Å². The van der Waals surface area contributed by atoms with E-state index in [1.54, 1.807) is 18.2 Å². The standard InChI is InChI=1S/C13H14N4O3/c1-3-7-14-10-6-5-9(8-11(10)17(18)19)13-15-12(4-2)16-20-13/h3,5-6,8,14H,1,4,7H2,2H3. The van der Waals surface area contributed by atoms with E-state index in [-0.39, 0.29) is 11.6 Å². The molecule has 0 saturated carbocycles. The van der Waals surface area contributed by atoms with Gasteiger partial charge in [0.15, 0.2) is 5.82 Å². The Bertz CT molecular complexity index is 636. The van der Waals surface area contributed by atoms with E-state index in [0.29, 0.717) is 30.0 Å². The van der Waals surface area contributed by atoms with Crippen molar-refractivity contribution in [1.29, 1.82) is 0 Å². The highest BCUT2D eigenvalue weighted by molar-refractivity contribution is 5.69. The van der Waals surface area contributed by atoms with Crippen LogP contribution < -0.4 is 5.32 Å². The van der Waals surface area contributed by atoms with E-state index in [1.807, 2.05) is 6.92 Å². The SMILES string of the molecule is C=CCNc1ccc(-c2nc(CC)no2)cc1[N+](=O)[O-]. The van der Waals surface area contributed by atoms with E-state index in [9.17, 15) is 10.1 Å². The lowest BCUT2D eigenvalue weighted by atomic mass is 10.1. The van der Waals surface area contributed by atoms with Gasteiger partial charge in [-0.15, -0.1) is 6.58 Å². The molecule has 0 radical (unpaired) electrons. The number of nitrogens with one attached hydrogen (secondary N) is 1. The summed E-state index contributed by atoms with van der Waals surface area (Å²) in [6.45, 7) is 5.91. The third-order valence-electron chi connectivity index (χ3n) is 2.66. The number of nitro benzene ring substituents is 1. The fourth-order valence-electron chi connectivity index (χ4n) is 1.66. The van der Waals surface area contributed by atoms with E-state index >= 15 is 0 Å². The molecular formula is C13H14N4O3. The molecule has 2 rings (SSSR count). The zero-order valence-corrected chi connectivity index (χ0v) is 11.0. The predicted octanol–water partition coefficient (Wildman–Crippen LogP) is 2.81. The number of nitro groups is 1. The van der Waals surface area contributed by atoms with Crippen molar-refractivity contribution in [3.8, 4) is 11.5 Å². The number of hydrogen-bond acceptors (Lipinski definition) is 6. The van der Waals surface area contributed by atoms with Gasteiger partial charge < -0.3 is 9.84 Å². The van der Waals surface area contributed by atoms with Crippen LogP contribution in [-0.2, 0) is 6.42 Å². The van der Waals surface area contributed by atoms with Crippen LogP contribution in [0, 0.1) is 10.1 Å². The van der Waals surface area contributed by atoms with Gasteiger partial charge in [0.1, 0.15) is 5.69 Å². The molecule has 1 heterocycles. The summed E-state index contributed by atoms with van der Waals surface area (Å²) in [6, 6.07) is 4.73. The first-order valence-electron chi connectivity index (χ1n) is 6.12. The number of anilines is 1.